The molecule has 2 rings (SSSR count). The summed E-state index contributed by atoms with van der Waals surface area (Å²) < 4.78 is 5.33. The fourth-order valence-electron chi connectivity index (χ4n) is 3.08. The maximum atomic E-state index is 12.5. The number of carbonyl (C=O) groups is 2. The first-order valence-corrected chi connectivity index (χ1v) is 7.65. The zero-order valence-electron chi connectivity index (χ0n) is 12.5. The first-order chi connectivity index (χ1) is 10.1. The first kappa shape index (κ1) is 16.2. The minimum Gasteiger partial charge on any atom is -0.381 e. The molecule has 7 heteroatoms. The highest BCUT2D eigenvalue weighted by Crippen LogP contribution is 2.30. The molecule has 0 saturated carbocycles. The third kappa shape index (κ3) is 4.15. The molecular weight excluding hydrogens is 272 g/mol. The fourth-order valence-corrected chi connectivity index (χ4v) is 3.08. The van der Waals surface area contributed by atoms with Crippen molar-refractivity contribution in [2.75, 3.05) is 39.4 Å². The minimum atomic E-state index is -0.470. The molecule has 5 N–H and O–H groups in total. The largest absolute Gasteiger partial charge is 0.381 e. The van der Waals surface area contributed by atoms with Crippen LogP contribution in [0.4, 0.5) is 0 Å². The number of hydrogen-bond acceptors (Lipinski definition) is 5. The van der Waals surface area contributed by atoms with Crippen molar-refractivity contribution in [2.45, 2.75) is 31.7 Å². The van der Waals surface area contributed by atoms with E-state index in [9.17, 15) is 9.59 Å². The van der Waals surface area contributed by atoms with Crippen LogP contribution in [-0.2, 0) is 14.3 Å². The van der Waals surface area contributed by atoms with Gasteiger partial charge >= 0.3 is 0 Å². The van der Waals surface area contributed by atoms with E-state index in [-0.39, 0.29) is 17.9 Å². The Morgan fingerprint density at radius 2 is 1.86 bits per heavy atom. The fraction of sp³-hybridized carbons (Fsp3) is 0.857. The highest BCUT2D eigenvalue weighted by atomic mass is 16.5. The smallest absolute Gasteiger partial charge is 0.231 e. The summed E-state index contributed by atoms with van der Waals surface area (Å²) in [6.45, 7) is 3.43. The second-order valence-electron chi connectivity index (χ2n) is 6.09. The summed E-state index contributed by atoms with van der Waals surface area (Å²) in [5.74, 6) is -0.247. The third-order valence-electron chi connectivity index (χ3n) is 4.62. The van der Waals surface area contributed by atoms with Crippen molar-refractivity contribution in [3.8, 4) is 0 Å². The summed E-state index contributed by atoms with van der Waals surface area (Å²) in [6.07, 6.45) is 3.07. The number of rotatable bonds is 5. The van der Waals surface area contributed by atoms with Crippen LogP contribution in [0.15, 0.2) is 0 Å². The number of nitrogens with one attached hydrogen (secondary N) is 1. The molecule has 0 aromatic rings. The van der Waals surface area contributed by atoms with Crippen LogP contribution < -0.4 is 16.8 Å². The van der Waals surface area contributed by atoms with E-state index in [2.05, 4.69) is 5.32 Å². The van der Waals surface area contributed by atoms with E-state index in [4.69, 9.17) is 16.2 Å². The van der Waals surface area contributed by atoms with Crippen LogP contribution in [0.3, 0.4) is 0 Å². The number of hydrogen-bond donors (Lipinski definition) is 3. The Hall–Kier alpha value is -1.18. The summed E-state index contributed by atoms with van der Waals surface area (Å²) in [5.41, 5.74) is 10.6. The zero-order chi connectivity index (χ0) is 15.3. The van der Waals surface area contributed by atoms with E-state index in [1.165, 1.54) is 0 Å². The second kappa shape index (κ2) is 7.20. The lowest BCUT2D eigenvalue weighted by Gasteiger charge is -2.38. The summed E-state index contributed by atoms with van der Waals surface area (Å²) in [7, 11) is 0. The SMILES string of the molecule is NCC1(C(=O)NC2CCN(CC(N)=O)CC2)CCOCC1. The van der Waals surface area contributed by atoms with Crippen LogP contribution in [0.1, 0.15) is 25.7 Å². The monoisotopic (exact) mass is 298 g/mol. The van der Waals surface area contributed by atoms with Crippen LogP contribution >= 0.6 is 0 Å². The van der Waals surface area contributed by atoms with Gasteiger partial charge in [0.15, 0.2) is 0 Å². The van der Waals surface area contributed by atoms with Crippen LogP contribution in [0.2, 0.25) is 0 Å². The molecule has 0 unspecified atom stereocenters. The number of nitrogens with zero attached hydrogens (tertiary/aromatic N) is 1. The van der Waals surface area contributed by atoms with Gasteiger partial charge in [-0.05, 0) is 25.7 Å². The van der Waals surface area contributed by atoms with Gasteiger partial charge < -0.3 is 21.5 Å². The van der Waals surface area contributed by atoms with Gasteiger partial charge in [0.25, 0.3) is 0 Å². The molecule has 0 aliphatic carbocycles. The number of primary amides is 1. The molecule has 7 nitrogen and oxygen atoms in total. The van der Waals surface area contributed by atoms with Crippen LogP contribution in [0.5, 0.6) is 0 Å². The van der Waals surface area contributed by atoms with E-state index in [1.54, 1.807) is 0 Å². The highest BCUT2D eigenvalue weighted by molar-refractivity contribution is 5.83. The Labute approximate surface area is 125 Å². The molecule has 0 spiro atoms. The Balaban J connectivity index is 1.82. The zero-order valence-corrected chi connectivity index (χ0v) is 12.5. The van der Waals surface area contributed by atoms with Crippen molar-refractivity contribution in [1.82, 2.24) is 10.2 Å². The summed E-state index contributed by atoms with van der Waals surface area (Å²) in [6, 6.07) is 0.160. The van der Waals surface area contributed by atoms with Gasteiger partial charge in [-0.25, -0.2) is 0 Å². The number of piperidine rings is 1. The molecule has 2 heterocycles. The number of amides is 2. The highest BCUT2D eigenvalue weighted by Gasteiger charge is 2.39. The van der Waals surface area contributed by atoms with Gasteiger partial charge in [0.05, 0.1) is 12.0 Å². The van der Waals surface area contributed by atoms with Gasteiger partial charge in [0, 0.05) is 38.9 Å². The van der Waals surface area contributed by atoms with Gasteiger partial charge in [-0.15, -0.1) is 0 Å². The number of nitrogens with two attached hydrogens (primary N) is 2. The summed E-state index contributed by atoms with van der Waals surface area (Å²) in [5, 5.41) is 3.14. The Morgan fingerprint density at radius 3 is 2.38 bits per heavy atom. The van der Waals surface area contributed by atoms with Crippen LogP contribution in [-0.4, -0.2) is 62.1 Å². The van der Waals surface area contributed by atoms with E-state index in [1.807, 2.05) is 4.90 Å². The average Bonchev–Trinajstić information content (AvgIpc) is 2.49. The lowest BCUT2D eigenvalue weighted by atomic mass is 9.79. The van der Waals surface area contributed by atoms with Gasteiger partial charge in [-0.1, -0.05) is 0 Å². The Morgan fingerprint density at radius 1 is 1.24 bits per heavy atom. The second-order valence-corrected chi connectivity index (χ2v) is 6.09. The molecule has 0 atom stereocenters. The molecule has 0 aromatic carbocycles. The molecule has 0 aromatic heterocycles. The molecule has 21 heavy (non-hydrogen) atoms. The third-order valence-corrected chi connectivity index (χ3v) is 4.62. The van der Waals surface area contributed by atoms with Crippen molar-refractivity contribution in [3.05, 3.63) is 0 Å². The first-order valence-electron chi connectivity index (χ1n) is 7.65. The lowest BCUT2D eigenvalue weighted by molar-refractivity contribution is -0.137. The Bertz CT molecular complexity index is 374. The van der Waals surface area contributed by atoms with E-state index in [0.717, 1.165) is 25.9 Å². The predicted octanol–water partition coefficient (Wildman–Crippen LogP) is -1.19. The molecule has 2 saturated heterocycles. The Kier molecular flexibility index (Phi) is 5.55. The van der Waals surface area contributed by atoms with Gasteiger partial charge in [-0.3, -0.25) is 14.5 Å². The topological polar surface area (TPSA) is 111 Å². The van der Waals surface area contributed by atoms with Gasteiger partial charge in [0.1, 0.15) is 0 Å². The quantitative estimate of drug-likeness (QED) is 0.591. The maximum absolute atomic E-state index is 12.5. The number of ether oxygens (including phenoxy) is 1. The molecule has 0 bridgehead atoms. The van der Waals surface area contributed by atoms with Crippen molar-refractivity contribution in [3.63, 3.8) is 0 Å². The normalized spacial score (nSPS) is 23.7. The average molecular weight is 298 g/mol. The van der Waals surface area contributed by atoms with E-state index >= 15 is 0 Å². The maximum Gasteiger partial charge on any atom is 0.231 e. The van der Waals surface area contributed by atoms with Crippen molar-refractivity contribution in [2.24, 2.45) is 16.9 Å². The summed E-state index contributed by atoms with van der Waals surface area (Å²) in [4.78, 5) is 25.5. The van der Waals surface area contributed by atoms with Crippen LogP contribution in [0.25, 0.3) is 0 Å². The van der Waals surface area contributed by atoms with Gasteiger partial charge in [-0.2, -0.15) is 0 Å². The molecule has 0 radical (unpaired) electrons. The van der Waals surface area contributed by atoms with Crippen molar-refractivity contribution in [1.29, 1.82) is 0 Å². The van der Waals surface area contributed by atoms with Crippen molar-refractivity contribution >= 4 is 11.8 Å². The van der Waals surface area contributed by atoms with E-state index in [0.29, 0.717) is 39.1 Å². The van der Waals surface area contributed by atoms with Crippen molar-refractivity contribution < 1.29 is 14.3 Å². The number of likely N-dealkylation sites (tertiary alicyclic amines) is 1. The number of carbonyl (C=O) groups excluding carboxylic acids is 2. The minimum absolute atomic E-state index is 0.0571. The molecule has 2 fully saturated rings. The standard InChI is InChI=1S/C14H26N4O3/c15-10-14(3-7-21-8-4-14)13(20)17-11-1-5-18(6-2-11)9-12(16)19/h11H,1-10,15H2,(H2,16,19)(H,17,20). The molecule has 2 amide bonds. The molecule has 120 valence electrons. The van der Waals surface area contributed by atoms with E-state index < -0.39 is 5.41 Å². The molecule has 2 aliphatic heterocycles. The van der Waals surface area contributed by atoms with Gasteiger partial charge in [0.2, 0.25) is 11.8 Å². The lowest BCUT2D eigenvalue weighted by Crippen LogP contribution is -2.54. The summed E-state index contributed by atoms with van der Waals surface area (Å²) >= 11 is 0. The predicted molar refractivity (Wildman–Crippen MR) is 78.3 cm³/mol. The van der Waals surface area contributed by atoms with Crippen LogP contribution in [0, 0.1) is 5.41 Å². The molecular formula is C14H26N4O3. The molecule has 2 aliphatic rings.